The van der Waals surface area contributed by atoms with Crippen LogP contribution in [0.3, 0.4) is 0 Å². The minimum Gasteiger partial charge on any atom is -0.396 e. The summed E-state index contributed by atoms with van der Waals surface area (Å²) >= 11 is 0. The van der Waals surface area contributed by atoms with Gasteiger partial charge >= 0.3 is 0 Å². The molecule has 1 aromatic heterocycles. The van der Waals surface area contributed by atoms with Gasteiger partial charge in [-0.15, -0.1) is 0 Å². The molecule has 1 amide bonds. The van der Waals surface area contributed by atoms with E-state index in [9.17, 15) is 9.90 Å². The molecule has 2 aliphatic rings. The summed E-state index contributed by atoms with van der Waals surface area (Å²) in [5, 5.41) is 10.3. The van der Waals surface area contributed by atoms with Crippen LogP contribution in [0.1, 0.15) is 46.8 Å². The number of benzene rings is 1. The van der Waals surface area contributed by atoms with E-state index in [1.165, 1.54) is 5.56 Å². The first kappa shape index (κ1) is 17.2. The summed E-state index contributed by atoms with van der Waals surface area (Å²) in [5.74, 6) is 0.604. The molecular weight excluding hydrogens is 326 g/mol. The van der Waals surface area contributed by atoms with E-state index in [4.69, 9.17) is 0 Å². The monoisotopic (exact) mass is 351 g/mol. The molecule has 1 aromatic carbocycles. The molecule has 4 rings (SSSR count). The smallest absolute Gasteiger partial charge is 0.273 e. The van der Waals surface area contributed by atoms with Gasteiger partial charge in [0.2, 0.25) is 0 Å². The van der Waals surface area contributed by atoms with E-state index < -0.39 is 0 Å². The Labute approximate surface area is 154 Å². The highest BCUT2D eigenvalue weighted by Gasteiger charge is 2.57. The van der Waals surface area contributed by atoms with E-state index in [2.05, 4.69) is 22.1 Å². The van der Waals surface area contributed by atoms with Crippen molar-refractivity contribution in [3.63, 3.8) is 0 Å². The zero-order chi connectivity index (χ0) is 18.3. The molecule has 0 radical (unpaired) electrons. The van der Waals surface area contributed by atoms with Gasteiger partial charge in [-0.05, 0) is 51.2 Å². The topological polar surface area (TPSA) is 66.3 Å². The molecule has 2 aliphatic heterocycles. The van der Waals surface area contributed by atoms with Crippen molar-refractivity contribution in [3.8, 4) is 0 Å². The molecule has 3 heterocycles. The molecule has 1 N–H and O–H groups in total. The second-order valence-electron chi connectivity index (χ2n) is 7.79. The third-order valence-corrected chi connectivity index (χ3v) is 5.99. The van der Waals surface area contributed by atoms with Gasteiger partial charge in [0, 0.05) is 23.2 Å². The van der Waals surface area contributed by atoms with Crippen molar-refractivity contribution in [1.82, 2.24) is 14.9 Å². The van der Waals surface area contributed by atoms with E-state index in [-0.39, 0.29) is 30.0 Å². The van der Waals surface area contributed by atoms with Gasteiger partial charge in [0.1, 0.15) is 11.5 Å². The van der Waals surface area contributed by atoms with Gasteiger partial charge in [0.15, 0.2) is 0 Å². The van der Waals surface area contributed by atoms with Crippen LogP contribution < -0.4 is 0 Å². The zero-order valence-electron chi connectivity index (χ0n) is 15.4. The van der Waals surface area contributed by atoms with E-state index >= 15 is 0 Å². The van der Waals surface area contributed by atoms with E-state index in [0.29, 0.717) is 11.5 Å². The number of fused-ring (bicyclic) bond motifs is 2. The number of carbonyl (C=O) groups excluding carboxylic acids is 1. The summed E-state index contributed by atoms with van der Waals surface area (Å²) in [6.45, 7) is 3.81. The first-order chi connectivity index (χ1) is 12.5. The second kappa shape index (κ2) is 6.47. The van der Waals surface area contributed by atoms with E-state index in [1.54, 1.807) is 6.07 Å². The van der Waals surface area contributed by atoms with Crippen molar-refractivity contribution < 1.29 is 9.90 Å². The molecule has 0 spiro atoms. The maximum atomic E-state index is 13.2. The van der Waals surface area contributed by atoms with Crippen molar-refractivity contribution in [3.05, 3.63) is 59.2 Å². The van der Waals surface area contributed by atoms with Crippen molar-refractivity contribution in [1.29, 1.82) is 0 Å². The molecule has 2 saturated heterocycles. The first-order valence-corrected chi connectivity index (χ1v) is 9.32. The number of aromatic nitrogens is 2. The Morgan fingerprint density at radius 2 is 2.00 bits per heavy atom. The minimum absolute atomic E-state index is 0.0190. The summed E-state index contributed by atoms with van der Waals surface area (Å²) in [7, 11) is 0. The fourth-order valence-corrected chi connectivity index (χ4v) is 4.97. The summed E-state index contributed by atoms with van der Waals surface area (Å²) in [5.41, 5.74) is 2.25. The van der Waals surface area contributed by atoms with Crippen LogP contribution in [0.2, 0.25) is 0 Å². The normalized spacial score (nSPS) is 27.1. The van der Waals surface area contributed by atoms with Crippen LogP contribution >= 0.6 is 0 Å². The predicted octanol–water partition coefficient (Wildman–Crippen LogP) is 2.69. The molecule has 0 saturated carbocycles. The molecule has 5 heteroatoms. The lowest BCUT2D eigenvalue weighted by molar-refractivity contribution is 0.0566. The van der Waals surface area contributed by atoms with E-state index in [0.717, 1.165) is 31.4 Å². The molecule has 2 fully saturated rings. The van der Waals surface area contributed by atoms with Crippen molar-refractivity contribution in [2.45, 2.75) is 51.6 Å². The summed E-state index contributed by atoms with van der Waals surface area (Å²) in [6, 6.07) is 12.3. The van der Waals surface area contributed by atoms with Crippen LogP contribution in [0.15, 0.2) is 36.4 Å². The standard InChI is InChI=1S/C21H25N3O2/c1-14-10-18(23-15(2)22-14)20(26)24-17-8-9-19(24)21(12-17,13-25)11-16-6-4-3-5-7-16/h3-7,10,17,19,25H,8-9,11-13H2,1-2H3/t17-,19+,21-/m0/s1. The molecular formula is C21H25N3O2. The Morgan fingerprint density at radius 1 is 1.23 bits per heavy atom. The van der Waals surface area contributed by atoms with Crippen LogP contribution in [-0.2, 0) is 6.42 Å². The first-order valence-electron chi connectivity index (χ1n) is 9.32. The fourth-order valence-electron chi connectivity index (χ4n) is 4.97. The van der Waals surface area contributed by atoms with Gasteiger partial charge < -0.3 is 10.0 Å². The maximum absolute atomic E-state index is 13.2. The highest BCUT2D eigenvalue weighted by atomic mass is 16.3. The molecule has 3 atom stereocenters. The Morgan fingerprint density at radius 3 is 2.69 bits per heavy atom. The molecule has 0 unspecified atom stereocenters. The highest BCUT2D eigenvalue weighted by Crippen LogP contribution is 2.51. The van der Waals surface area contributed by atoms with Crippen LogP contribution in [-0.4, -0.2) is 44.6 Å². The Bertz CT molecular complexity index is 803. The number of aryl methyl sites for hydroxylation is 2. The van der Waals surface area contributed by atoms with Gasteiger partial charge in [-0.2, -0.15) is 0 Å². The van der Waals surface area contributed by atoms with Crippen LogP contribution in [0, 0.1) is 19.3 Å². The number of amides is 1. The van der Waals surface area contributed by atoms with Crippen molar-refractivity contribution in [2.75, 3.05) is 6.61 Å². The Hall–Kier alpha value is -2.27. The number of carbonyl (C=O) groups is 1. The minimum atomic E-state index is -0.253. The molecule has 26 heavy (non-hydrogen) atoms. The predicted molar refractivity (Wildman–Crippen MR) is 98.8 cm³/mol. The van der Waals surface area contributed by atoms with Gasteiger partial charge in [-0.1, -0.05) is 30.3 Å². The second-order valence-corrected chi connectivity index (χ2v) is 7.79. The molecule has 136 valence electrons. The number of hydrogen-bond acceptors (Lipinski definition) is 4. The fraction of sp³-hybridized carbons (Fsp3) is 0.476. The highest BCUT2D eigenvalue weighted by molar-refractivity contribution is 5.93. The third kappa shape index (κ3) is 2.80. The van der Waals surface area contributed by atoms with Gasteiger partial charge in [0.25, 0.3) is 5.91 Å². The van der Waals surface area contributed by atoms with Gasteiger partial charge in [0.05, 0.1) is 6.61 Å². The number of nitrogens with zero attached hydrogens (tertiary/aromatic N) is 3. The number of aliphatic hydroxyl groups is 1. The SMILES string of the molecule is Cc1cc(C(=O)N2[C@H]3CC[C@@H]2[C@@](CO)(Cc2ccccc2)C3)nc(C)n1. The molecule has 5 nitrogen and oxygen atoms in total. The average Bonchev–Trinajstić information content (AvgIpc) is 3.17. The third-order valence-electron chi connectivity index (χ3n) is 5.99. The maximum Gasteiger partial charge on any atom is 0.273 e. The molecule has 2 aromatic rings. The van der Waals surface area contributed by atoms with Gasteiger partial charge in [-0.25, -0.2) is 9.97 Å². The molecule has 0 aliphatic carbocycles. The lowest BCUT2D eigenvalue weighted by Gasteiger charge is -2.36. The lowest BCUT2D eigenvalue weighted by atomic mass is 9.70. The van der Waals surface area contributed by atoms with E-state index in [1.807, 2.05) is 36.9 Å². The number of hydrogen-bond donors (Lipinski definition) is 1. The largest absolute Gasteiger partial charge is 0.396 e. The zero-order valence-corrected chi connectivity index (χ0v) is 15.4. The lowest BCUT2D eigenvalue weighted by Crippen LogP contribution is -2.44. The van der Waals surface area contributed by atoms with Crippen LogP contribution in [0.25, 0.3) is 0 Å². The average molecular weight is 351 g/mol. The quantitative estimate of drug-likeness (QED) is 0.920. The number of rotatable bonds is 4. The van der Waals surface area contributed by atoms with Crippen molar-refractivity contribution >= 4 is 5.91 Å². The van der Waals surface area contributed by atoms with Crippen LogP contribution in [0.4, 0.5) is 0 Å². The summed E-state index contributed by atoms with van der Waals surface area (Å²) in [4.78, 5) is 23.9. The van der Waals surface area contributed by atoms with Crippen LogP contribution in [0.5, 0.6) is 0 Å². The van der Waals surface area contributed by atoms with Gasteiger partial charge in [-0.3, -0.25) is 4.79 Å². The molecule has 2 bridgehead atoms. The summed E-state index contributed by atoms with van der Waals surface area (Å²) < 4.78 is 0. The summed E-state index contributed by atoms with van der Waals surface area (Å²) in [6.07, 6.45) is 3.62. The van der Waals surface area contributed by atoms with Crippen molar-refractivity contribution in [2.24, 2.45) is 5.41 Å². The Kier molecular flexibility index (Phi) is 4.27. The number of aliphatic hydroxyl groups excluding tert-OH is 1. The Balaban J connectivity index is 1.64.